The van der Waals surface area contributed by atoms with Crippen molar-refractivity contribution in [3.05, 3.63) is 18.2 Å². The molecule has 1 aromatic heterocycles. The minimum atomic E-state index is -0.641. The van der Waals surface area contributed by atoms with Crippen molar-refractivity contribution in [2.45, 2.75) is 0 Å². The third kappa shape index (κ3) is 1.17. The lowest BCUT2D eigenvalue weighted by atomic mass is 10.1. The first-order valence-electron chi connectivity index (χ1n) is 5.10. The number of aromatic nitrogens is 1. The predicted molar refractivity (Wildman–Crippen MR) is 64.1 cm³/mol. The number of aromatic amines is 1. The number of benzene rings is 2. The van der Waals surface area contributed by atoms with Crippen molar-refractivity contribution in [1.82, 2.24) is 4.98 Å². The molecule has 18 heavy (non-hydrogen) atoms. The molecule has 0 amide bonds. The molecule has 92 valence electrons. The fourth-order valence-electron chi connectivity index (χ4n) is 2.06. The largest absolute Gasteiger partial charge is 0.508 e. The fraction of sp³-hybridized carbons (Fsp3) is 0. The molecule has 0 saturated heterocycles. The molecule has 0 spiro atoms. The molecule has 0 aliphatic rings. The number of fused-ring (bicyclic) bond motifs is 3. The molecule has 0 fully saturated rings. The van der Waals surface area contributed by atoms with Gasteiger partial charge in [0.25, 0.3) is 0 Å². The molecule has 6 nitrogen and oxygen atoms in total. The molecule has 6 N–H and O–H groups in total. The first-order valence-corrected chi connectivity index (χ1v) is 5.10. The van der Waals surface area contributed by atoms with Gasteiger partial charge in [-0.1, -0.05) is 0 Å². The molecule has 2 aromatic carbocycles. The summed E-state index contributed by atoms with van der Waals surface area (Å²) in [6, 6.07) is 3.76. The lowest BCUT2D eigenvalue weighted by molar-refractivity contribution is 0.371. The number of hydrogen-bond acceptors (Lipinski definition) is 5. The van der Waals surface area contributed by atoms with Crippen molar-refractivity contribution in [3.63, 3.8) is 0 Å². The number of nitrogens with one attached hydrogen (secondary N) is 1. The van der Waals surface area contributed by atoms with Crippen LogP contribution in [0.5, 0.6) is 28.7 Å². The van der Waals surface area contributed by atoms with E-state index in [1.54, 1.807) is 0 Å². The Bertz CT molecular complexity index is 790. The van der Waals surface area contributed by atoms with E-state index in [2.05, 4.69) is 4.98 Å². The summed E-state index contributed by atoms with van der Waals surface area (Å²) in [7, 11) is 0. The Morgan fingerprint density at radius 3 is 2.06 bits per heavy atom. The summed E-state index contributed by atoms with van der Waals surface area (Å²) in [4.78, 5) is 2.73. The van der Waals surface area contributed by atoms with Gasteiger partial charge in [0.15, 0.2) is 11.5 Å². The van der Waals surface area contributed by atoms with E-state index in [-0.39, 0.29) is 17.0 Å². The van der Waals surface area contributed by atoms with Gasteiger partial charge < -0.3 is 30.5 Å². The average Bonchev–Trinajstić information content (AvgIpc) is 2.66. The highest BCUT2D eigenvalue weighted by molar-refractivity contribution is 6.12. The second-order valence-electron chi connectivity index (χ2n) is 4.03. The van der Waals surface area contributed by atoms with Crippen LogP contribution >= 0.6 is 0 Å². The molecule has 0 atom stereocenters. The molecule has 0 aliphatic carbocycles. The summed E-state index contributed by atoms with van der Waals surface area (Å²) in [6.45, 7) is 0. The van der Waals surface area contributed by atoms with Gasteiger partial charge in [-0.15, -0.1) is 0 Å². The van der Waals surface area contributed by atoms with Crippen molar-refractivity contribution < 1.29 is 25.5 Å². The Morgan fingerprint density at radius 1 is 0.667 bits per heavy atom. The Kier molecular flexibility index (Phi) is 1.81. The predicted octanol–water partition coefficient (Wildman–Crippen LogP) is 1.85. The molecule has 3 aromatic rings. The molecule has 0 saturated carbocycles. The third-order valence-electron chi connectivity index (χ3n) is 2.90. The highest BCUT2D eigenvalue weighted by atomic mass is 16.3. The summed E-state index contributed by atoms with van der Waals surface area (Å²) >= 11 is 0. The SMILES string of the molecule is Oc1cc(O)c2[nH]c3c(O)c(O)c(O)cc3c2c1. The van der Waals surface area contributed by atoms with Crippen molar-refractivity contribution in [3.8, 4) is 28.7 Å². The molecule has 6 heteroatoms. The van der Waals surface area contributed by atoms with E-state index in [0.717, 1.165) is 6.07 Å². The third-order valence-corrected chi connectivity index (χ3v) is 2.90. The fourth-order valence-corrected chi connectivity index (χ4v) is 2.06. The average molecular weight is 247 g/mol. The lowest BCUT2D eigenvalue weighted by Gasteiger charge is -2.01. The minimum Gasteiger partial charge on any atom is -0.508 e. The quantitative estimate of drug-likeness (QED) is 0.339. The zero-order valence-corrected chi connectivity index (χ0v) is 8.97. The van der Waals surface area contributed by atoms with Gasteiger partial charge in [0.1, 0.15) is 11.5 Å². The lowest BCUT2D eigenvalue weighted by Crippen LogP contribution is -1.74. The zero-order valence-electron chi connectivity index (χ0n) is 8.97. The molecule has 0 radical (unpaired) electrons. The molecule has 0 aliphatic heterocycles. The van der Waals surface area contributed by atoms with Crippen molar-refractivity contribution in [2.75, 3.05) is 0 Å². The topological polar surface area (TPSA) is 117 Å². The smallest absolute Gasteiger partial charge is 0.202 e. The number of phenols is 5. The monoisotopic (exact) mass is 247 g/mol. The van der Waals surface area contributed by atoms with Gasteiger partial charge in [0.05, 0.1) is 11.0 Å². The molecular weight excluding hydrogens is 238 g/mol. The van der Waals surface area contributed by atoms with Crippen LogP contribution in [0.15, 0.2) is 18.2 Å². The molecule has 3 rings (SSSR count). The number of phenolic OH excluding ortho intramolecular Hbond substituents is 5. The maximum Gasteiger partial charge on any atom is 0.202 e. The Balaban J connectivity index is 2.60. The van der Waals surface area contributed by atoms with Crippen LogP contribution in [0.25, 0.3) is 21.8 Å². The highest BCUT2D eigenvalue weighted by Gasteiger charge is 2.17. The van der Waals surface area contributed by atoms with Gasteiger partial charge in [-0.05, 0) is 12.1 Å². The summed E-state index contributed by atoms with van der Waals surface area (Å²) < 4.78 is 0. The molecule has 0 bridgehead atoms. The number of rotatable bonds is 0. The molecule has 1 heterocycles. The van der Waals surface area contributed by atoms with Crippen LogP contribution in [0.4, 0.5) is 0 Å². The van der Waals surface area contributed by atoms with Crippen LogP contribution < -0.4 is 0 Å². The number of H-pyrrole nitrogens is 1. The normalized spacial score (nSPS) is 11.3. The van der Waals surface area contributed by atoms with Gasteiger partial charge in [0.2, 0.25) is 5.75 Å². The first kappa shape index (κ1) is 10.4. The Labute approximate surface area is 100.0 Å². The van der Waals surface area contributed by atoms with Crippen LogP contribution in [0.2, 0.25) is 0 Å². The standard InChI is InChI=1S/C12H9NO5/c14-4-1-5-6-3-8(16)11(17)12(18)10(6)13-9(5)7(15)2-4/h1-3,13-18H. The molecule has 0 unspecified atom stereocenters. The van der Waals surface area contributed by atoms with Crippen LogP contribution in [0, 0.1) is 0 Å². The van der Waals surface area contributed by atoms with Crippen molar-refractivity contribution in [1.29, 1.82) is 0 Å². The first-order chi connectivity index (χ1) is 8.49. The van der Waals surface area contributed by atoms with E-state index >= 15 is 0 Å². The Morgan fingerprint density at radius 2 is 1.33 bits per heavy atom. The van der Waals surface area contributed by atoms with E-state index in [1.807, 2.05) is 0 Å². The second kappa shape index (κ2) is 3.13. The number of aromatic hydroxyl groups is 5. The van der Waals surface area contributed by atoms with Crippen LogP contribution in [0.3, 0.4) is 0 Å². The van der Waals surface area contributed by atoms with E-state index in [9.17, 15) is 25.5 Å². The highest BCUT2D eigenvalue weighted by Crippen LogP contribution is 2.45. The van der Waals surface area contributed by atoms with Gasteiger partial charge in [0, 0.05) is 16.8 Å². The van der Waals surface area contributed by atoms with E-state index in [0.29, 0.717) is 16.3 Å². The van der Waals surface area contributed by atoms with E-state index in [1.165, 1.54) is 12.1 Å². The molecular formula is C12H9NO5. The van der Waals surface area contributed by atoms with E-state index in [4.69, 9.17) is 0 Å². The summed E-state index contributed by atoms with van der Waals surface area (Å²) in [5.74, 6) is -1.98. The van der Waals surface area contributed by atoms with Gasteiger partial charge in [-0.2, -0.15) is 0 Å². The number of hydrogen-bond donors (Lipinski definition) is 6. The minimum absolute atomic E-state index is 0.145. The maximum atomic E-state index is 9.71. The van der Waals surface area contributed by atoms with Crippen LogP contribution in [-0.2, 0) is 0 Å². The summed E-state index contributed by atoms with van der Waals surface area (Å²) in [5, 5.41) is 48.5. The Hall–Kier alpha value is -2.76. The van der Waals surface area contributed by atoms with E-state index < -0.39 is 17.2 Å². The van der Waals surface area contributed by atoms with Crippen molar-refractivity contribution >= 4 is 21.8 Å². The summed E-state index contributed by atoms with van der Waals surface area (Å²) in [6.07, 6.45) is 0. The maximum absolute atomic E-state index is 9.71. The zero-order chi connectivity index (χ0) is 13.0. The summed E-state index contributed by atoms with van der Waals surface area (Å²) in [5.41, 5.74) is 0.462. The van der Waals surface area contributed by atoms with Gasteiger partial charge >= 0.3 is 0 Å². The van der Waals surface area contributed by atoms with Gasteiger partial charge in [-0.3, -0.25) is 0 Å². The van der Waals surface area contributed by atoms with Gasteiger partial charge in [-0.25, -0.2) is 0 Å². The van der Waals surface area contributed by atoms with Crippen LogP contribution in [-0.4, -0.2) is 30.5 Å². The second-order valence-corrected chi connectivity index (χ2v) is 4.03. The van der Waals surface area contributed by atoms with Crippen LogP contribution in [0.1, 0.15) is 0 Å². The van der Waals surface area contributed by atoms with Crippen molar-refractivity contribution in [2.24, 2.45) is 0 Å².